The van der Waals surface area contributed by atoms with Crippen molar-refractivity contribution < 1.29 is 28.2 Å². The predicted octanol–water partition coefficient (Wildman–Crippen LogP) is 1.92. The summed E-state index contributed by atoms with van der Waals surface area (Å²) in [5, 5.41) is 23.4. The average molecular weight is 478 g/mol. The normalized spacial score (nSPS) is 19.6. The van der Waals surface area contributed by atoms with Gasteiger partial charge in [-0.3, -0.25) is 9.52 Å². The van der Waals surface area contributed by atoms with E-state index in [1.54, 1.807) is 12.1 Å². The number of aliphatic hydroxyl groups excluding tert-OH is 1. The second-order valence-electron chi connectivity index (χ2n) is 8.46. The van der Waals surface area contributed by atoms with Gasteiger partial charge in [0.2, 0.25) is 15.9 Å². The van der Waals surface area contributed by atoms with E-state index >= 15 is 0 Å². The Labute approximate surface area is 194 Å². The summed E-state index contributed by atoms with van der Waals surface area (Å²) in [4.78, 5) is 11.2. The Kier molecular flexibility index (Phi) is 8.17. The Bertz CT molecular complexity index is 1050. The van der Waals surface area contributed by atoms with Gasteiger partial charge in [-0.1, -0.05) is 12.1 Å². The Morgan fingerprint density at radius 1 is 1.15 bits per heavy atom. The van der Waals surface area contributed by atoms with Crippen molar-refractivity contribution in [3.63, 3.8) is 0 Å². The van der Waals surface area contributed by atoms with E-state index in [4.69, 9.17) is 10.5 Å². The minimum Gasteiger partial charge on any atom is -0.506 e. The molecule has 10 heteroatoms. The molecule has 1 fully saturated rings. The predicted molar refractivity (Wildman–Crippen MR) is 126 cm³/mol. The fourth-order valence-corrected chi connectivity index (χ4v) is 4.55. The van der Waals surface area contributed by atoms with Crippen LogP contribution in [0.4, 0.5) is 5.69 Å². The number of rotatable bonds is 10. The highest BCUT2D eigenvalue weighted by Gasteiger charge is 2.23. The number of amides is 1. The molecule has 0 unspecified atom stereocenters. The Morgan fingerprint density at radius 2 is 1.82 bits per heavy atom. The Hall–Kier alpha value is -2.82. The molecule has 1 aliphatic rings. The summed E-state index contributed by atoms with van der Waals surface area (Å²) in [7, 11) is -3.54. The van der Waals surface area contributed by atoms with Gasteiger partial charge in [-0.05, 0) is 61.4 Å². The lowest BCUT2D eigenvalue weighted by Crippen LogP contribution is -2.39. The molecule has 1 amide bonds. The minimum atomic E-state index is -3.54. The van der Waals surface area contributed by atoms with Crippen molar-refractivity contribution in [1.82, 2.24) is 5.32 Å². The molecule has 0 bridgehead atoms. The number of aromatic hydroxyl groups is 1. The summed E-state index contributed by atoms with van der Waals surface area (Å²) in [6.45, 7) is 0.396. The minimum absolute atomic E-state index is 0.0173. The first-order chi connectivity index (χ1) is 15.6. The van der Waals surface area contributed by atoms with Crippen LogP contribution in [0.1, 0.15) is 47.5 Å². The van der Waals surface area contributed by atoms with Gasteiger partial charge in [0.1, 0.15) is 24.2 Å². The van der Waals surface area contributed by atoms with Gasteiger partial charge in [-0.25, -0.2) is 8.42 Å². The fraction of sp³-hybridized carbons (Fsp3) is 0.435. The van der Waals surface area contributed by atoms with Crippen LogP contribution in [0.25, 0.3) is 0 Å². The van der Waals surface area contributed by atoms with Crippen LogP contribution in [0.2, 0.25) is 0 Å². The van der Waals surface area contributed by atoms with Crippen LogP contribution in [0.3, 0.4) is 0 Å². The van der Waals surface area contributed by atoms with E-state index in [1.165, 1.54) is 23.8 Å². The summed E-state index contributed by atoms with van der Waals surface area (Å²) in [6.07, 6.45) is 4.24. The molecule has 0 aliphatic heterocycles. The molecular weight excluding hydrogens is 446 g/mol. The standard InChI is InChI=1S/C23H31N3O6S/c1-33(30,31)26-21-12-20(10-11-22(21)28)32-14-19(27)13-25-18-8-6-16(7-9-18)15-2-4-17(5-3-15)23(24)29/h2-5,10-12,16,18-19,25-28H,6-9,13-14H2,1H3,(H2,24,29)/t16-,18-,19-/m0/s1. The van der Waals surface area contributed by atoms with Crippen molar-refractivity contribution in [2.45, 2.75) is 43.7 Å². The molecule has 3 rings (SSSR count). The van der Waals surface area contributed by atoms with Crippen LogP contribution in [-0.2, 0) is 10.0 Å². The number of hydrogen-bond donors (Lipinski definition) is 5. The van der Waals surface area contributed by atoms with E-state index in [1.807, 2.05) is 12.1 Å². The van der Waals surface area contributed by atoms with Crippen molar-refractivity contribution >= 4 is 21.6 Å². The number of carbonyl (C=O) groups excluding carboxylic acids is 1. The first kappa shape index (κ1) is 24.8. The number of carbonyl (C=O) groups is 1. The zero-order valence-electron chi connectivity index (χ0n) is 18.5. The SMILES string of the molecule is CS(=O)(=O)Nc1cc(OC[C@@H](O)CN[C@H]2CC[C@H](c3ccc(C(N)=O)cc3)CC2)ccc1O. The number of primary amides is 1. The maximum absolute atomic E-state index is 11.4. The molecular formula is C23H31N3O6S. The lowest BCUT2D eigenvalue weighted by atomic mass is 9.81. The highest BCUT2D eigenvalue weighted by atomic mass is 32.2. The summed E-state index contributed by atoms with van der Waals surface area (Å²) in [5.41, 5.74) is 7.04. The summed E-state index contributed by atoms with van der Waals surface area (Å²) < 4.78 is 30.5. The topological polar surface area (TPSA) is 151 Å². The van der Waals surface area contributed by atoms with E-state index in [-0.39, 0.29) is 18.0 Å². The zero-order valence-corrected chi connectivity index (χ0v) is 19.3. The van der Waals surface area contributed by atoms with Gasteiger partial charge in [0.25, 0.3) is 0 Å². The number of hydrogen-bond acceptors (Lipinski definition) is 7. The van der Waals surface area contributed by atoms with Crippen molar-refractivity contribution in [3.05, 3.63) is 53.6 Å². The zero-order chi connectivity index (χ0) is 24.0. The van der Waals surface area contributed by atoms with Gasteiger partial charge in [0.05, 0.1) is 11.9 Å². The van der Waals surface area contributed by atoms with E-state index in [0.717, 1.165) is 31.9 Å². The Morgan fingerprint density at radius 3 is 2.42 bits per heavy atom. The van der Waals surface area contributed by atoms with Crippen LogP contribution in [0.15, 0.2) is 42.5 Å². The highest BCUT2D eigenvalue weighted by Crippen LogP contribution is 2.33. The van der Waals surface area contributed by atoms with Gasteiger partial charge in [0.15, 0.2) is 0 Å². The smallest absolute Gasteiger partial charge is 0.248 e. The number of nitrogens with two attached hydrogens (primary N) is 1. The number of phenolic OH excluding ortho intramolecular Hbond substituents is 1. The largest absolute Gasteiger partial charge is 0.506 e. The molecule has 0 saturated heterocycles. The second kappa shape index (κ2) is 10.9. The molecule has 1 aliphatic carbocycles. The summed E-state index contributed by atoms with van der Waals surface area (Å²) >= 11 is 0. The van der Waals surface area contributed by atoms with Crippen molar-refractivity contribution in [2.75, 3.05) is 24.1 Å². The van der Waals surface area contributed by atoms with E-state index < -0.39 is 22.0 Å². The number of nitrogens with one attached hydrogen (secondary N) is 2. The van der Waals surface area contributed by atoms with Crippen molar-refractivity contribution in [3.8, 4) is 11.5 Å². The number of phenols is 1. The Balaban J connectivity index is 1.41. The van der Waals surface area contributed by atoms with Crippen molar-refractivity contribution in [1.29, 1.82) is 0 Å². The van der Waals surface area contributed by atoms with Gasteiger partial charge in [-0.15, -0.1) is 0 Å². The molecule has 6 N–H and O–H groups in total. The molecule has 2 aromatic rings. The van der Waals surface area contributed by atoms with Crippen LogP contribution in [-0.4, -0.2) is 56.1 Å². The average Bonchev–Trinajstić information content (AvgIpc) is 2.77. The van der Waals surface area contributed by atoms with E-state index in [9.17, 15) is 23.4 Å². The molecule has 180 valence electrons. The van der Waals surface area contributed by atoms with Crippen molar-refractivity contribution in [2.24, 2.45) is 5.73 Å². The first-order valence-corrected chi connectivity index (χ1v) is 12.7. The lowest BCUT2D eigenvalue weighted by Gasteiger charge is -2.30. The monoisotopic (exact) mass is 477 g/mol. The van der Waals surface area contributed by atoms with Gasteiger partial charge in [0, 0.05) is 24.2 Å². The third-order valence-corrected chi connectivity index (χ3v) is 6.33. The molecule has 0 heterocycles. The number of aliphatic hydroxyl groups is 1. The lowest BCUT2D eigenvalue weighted by molar-refractivity contribution is 0.0999. The quantitative estimate of drug-likeness (QED) is 0.328. The number of sulfonamides is 1. The molecule has 0 spiro atoms. The summed E-state index contributed by atoms with van der Waals surface area (Å²) in [6, 6.07) is 12.0. The number of anilines is 1. The van der Waals surface area contributed by atoms with Gasteiger partial charge < -0.3 is 26.0 Å². The molecule has 9 nitrogen and oxygen atoms in total. The molecule has 2 aromatic carbocycles. The maximum Gasteiger partial charge on any atom is 0.248 e. The highest BCUT2D eigenvalue weighted by molar-refractivity contribution is 7.92. The second-order valence-corrected chi connectivity index (χ2v) is 10.2. The maximum atomic E-state index is 11.4. The van der Waals surface area contributed by atoms with E-state index in [2.05, 4.69) is 10.0 Å². The molecule has 0 aromatic heterocycles. The van der Waals surface area contributed by atoms with E-state index in [0.29, 0.717) is 29.8 Å². The summed E-state index contributed by atoms with van der Waals surface area (Å²) in [5.74, 6) is 0.145. The number of benzene rings is 2. The van der Waals surface area contributed by atoms with Gasteiger partial charge in [-0.2, -0.15) is 0 Å². The third-order valence-electron chi connectivity index (χ3n) is 5.74. The number of ether oxygens (including phenoxy) is 1. The van der Waals surface area contributed by atoms with Crippen LogP contribution < -0.4 is 20.5 Å². The van der Waals surface area contributed by atoms with Crippen LogP contribution in [0, 0.1) is 0 Å². The molecule has 1 saturated carbocycles. The molecule has 33 heavy (non-hydrogen) atoms. The molecule has 1 atom stereocenters. The first-order valence-electron chi connectivity index (χ1n) is 10.9. The van der Waals surface area contributed by atoms with Crippen LogP contribution >= 0.6 is 0 Å². The van der Waals surface area contributed by atoms with Gasteiger partial charge >= 0.3 is 0 Å². The molecule has 0 radical (unpaired) electrons. The fourth-order valence-electron chi connectivity index (χ4n) is 3.99. The van der Waals surface area contributed by atoms with Crippen LogP contribution in [0.5, 0.6) is 11.5 Å². The third kappa shape index (κ3) is 7.62.